The molecule has 1 amide bonds. The largest absolute Gasteiger partial charge is 0.396 e. The summed E-state index contributed by atoms with van der Waals surface area (Å²) >= 11 is 0. The van der Waals surface area contributed by atoms with E-state index in [-0.39, 0.29) is 18.9 Å². The third-order valence-corrected chi connectivity index (χ3v) is 3.58. The van der Waals surface area contributed by atoms with E-state index in [1.54, 1.807) is 11.9 Å². The highest BCUT2D eigenvalue weighted by atomic mass is 16.3. The van der Waals surface area contributed by atoms with Crippen molar-refractivity contribution in [3.8, 4) is 0 Å². The number of hydrogen-bond donors (Lipinski definition) is 1. The molecule has 0 aliphatic heterocycles. The Hall–Kier alpha value is -1.35. The lowest BCUT2D eigenvalue weighted by Crippen LogP contribution is -2.26. The van der Waals surface area contributed by atoms with Crippen LogP contribution in [0.5, 0.6) is 0 Å². The lowest BCUT2D eigenvalue weighted by Gasteiger charge is -2.20. The van der Waals surface area contributed by atoms with Crippen molar-refractivity contribution in [2.24, 2.45) is 0 Å². The lowest BCUT2D eigenvalue weighted by molar-refractivity contribution is -0.131. The summed E-state index contributed by atoms with van der Waals surface area (Å²) < 4.78 is 0. The quantitative estimate of drug-likeness (QED) is 0.883. The van der Waals surface area contributed by atoms with Gasteiger partial charge in [-0.05, 0) is 42.4 Å². The highest BCUT2D eigenvalue weighted by Gasteiger charge is 2.12. The molecule has 0 atom stereocenters. The second-order valence-corrected chi connectivity index (χ2v) is 5.03. The molecule has 0 saturated carbocycles. The van der Waals surface area contributed by atoms with Crippen LogP contribution in [0.15, 0.2) is 18.2 Å². The van der Waals surface area contributed by atoms with E-state index in [1.165, 1.54) is 36.0 Å². The zero-order valence-corrected chi connectivity index (χ0v) is 11.0. The van der Waals surface area contributed by atoms with Crippen LogP contribution in [0.1, 0.15) is 36.0 Å². The van der Waals surface area contributed by atoms with Gasteiger partial charge in [0.2, 0.25) is 5.91 Å². The van der Waals surface area contributed by atoms with E-state index in [0.29, 0.717) is 6.54 Å². The normalized spacial score (nSPS) is 14.1. The minimum absolute atomic E-state index is 0.00443. The monoisotopic (exact) mass is 247 g/mol. The number of fused-ring (bicyclic) bond motifs is 1. The molecular weight excluding hydrogens is 226 g/mol. The number of benzene rings is 1. The maximum Gasteiger partial charge on any atom is 0.224 e. The lowest BCUT2D eigenvalue weighted by atomic mass is 9.90. The molecular formula is C15H21NO2. The van der Waals surface area contributed by atoms with Crippen LogP contribution in [0.3, 0.4) is 0 Å². The van der Waals surface area contributed by atoms with Gasteiger partial charge in [0, 0.05) is 20.0 Å². The third kappa shape index (κ3) is 3.10. The number of amides is 1. The average molecular weight is 247 g/mol. The molecule has 18 heavy (non-hydrogen) atoms. The van der Waals surface area contributed by atoms with Gasteiger partial charge >= 0.3 is 0 Å². The highest BCUT2D eigenvalue weighted by Crippen LogP contribution is 2.22. The fraction of sp³-hybridized carbons (Fsp3) is 0.533. The number of carbonyl (C=O) groups excluding carboxylic acids is 1. The third-order valence-electron chi connectivity index (χ3n) is 3.58. The van der Waals surface area contributed by atoms with Gasteiger partial charge in [-0.1, -0.05) is 18.2 Å². The van der Waals surface area contributed by atoms with Crippen molar-refractivity contribution in [2.45, 2.75) is 38.6 Å². The van der Waals surface area contributed by atoms with Crippen LogP contribution in [0.2, 0.25) is 0 Å². The Bertz CT molecular complexity index is 429. The molecule has 0 bridgehead atoms. The molecule has 3 heteroatoms. The summed E-state index contributed by atoms with van der Waals surface area (Å²) in [5, 5.41) is 8.76. The van der Waals surface area contributed by atoms with Crippen molar-refractivity contribution >= 4 is 5.91 Å². The summed E-state index contributed by atoms with van der Waals surface area (Å²) in [5.41, 5.74) is 4.10. The Morgan fingerprint density at radius 1 is 1.28 bits per heavy atom. The maximum absolute atomic E-state index is 11.6. The van der Waals surface area contributed by atoms with E-state index in [0.717, 1.165) is 6.42 Å². The fourth-order valence-corrected chi connectivity index (χ4v) is 2.53. The van der Waals surface area contributed by atoms with Gasteiger partial charge in [0.25, 0.3) is 0 Å². The second kappa shape index (κ2) is 6.01. The number of aliphatic hydroxyl groups excluding tert-OH is 1. The Balaban J connectivity index is 2.03. The molecule has 0 aromatic heterocycles. The first kappa shape index (κ1) is 13.1. The van der Waals surface area contributed by atoms with Crippen molar-refractivity contribution in [3.63, 3.8) is 0 Å². The Kier molecular flexibility index (Phi) is 4.37. The van der Waals surface area contributed by atoms with Gasteiger partial charge in [-0.2, -0.15) is 0 Å². The van der Waals surface area contributed by atoms with E-state index in [1.807, 2.05) is 0 Å². The number of nitrogens with zero attached hydrogens (tertiary/aromatic N) is 1. The predicted molar refractivity (Wildman–Crippen MR) is 71.3 cm³/mol. The number of carbonyl (C=O) groups is 1. The summed E-state index contributed by atoms with van der Waals surface area (Å²) in [6.45, 7) is 0.555. The van der Waals surface area contributed by atoms with Crippen LogP contribution in [0, 0.1) is 0 Å². The first-order valence-electron chi connectivity index (χ1n) is 6.66. The first-order chi connectivity index (χ1) is 8.70. The zero-order valence-electron chi connectivity index (χ0n) is 11.0. The smallest absolute Gasteiger partial charge is 0.224 e. The maximum atomic E-state index is 11.6. The van der Waals surface area contributed by atoms with Gasteiger partial charge in [0.05, 0.1) is 6.61 Å². The van der Waals surface area contributed by atoms with E-state index >= 15 is 0 Å². The van der Waals surface area contributed by atoms with Crippen LogP contribution in [0.4, 0.5) is 0 Å². The molecule has 3 nitrogen and oxygen atoms in total. The van der Waals surface area contributed by atoms with E-state index in [2.05, 4.69) is 18.2 Å². The van der Waals surface area contributed by atoms with Crippen molar-refractivity contribution < 1.29 is 9.90 Å². The van der Waals surface area contributed by atoms with Crippen LogP contribution < -0.4 is 0 Å². The Morgan fingerprint density at radius 2 is 2.00 bits per heavy atom. The minimum Gasteiger partial charge on any atom is -0.396 e. The van der Waals surface area contributed by atoms with Gasteiger partial charge in [-0.25, -0.2) is 0 Å². The number of aliphatic hydroxyl groups is 1. The van der Waals surface area contributed by atoms with E-state index in [9.17, 15) is 4.79 Å². The molecule has 1 aromatic rings. The van der Waals surface area contributed by atoms with Gasteiger partial charge in [0.1, 0.15) is 0 Å². The van der Waals surface area contributed by atoms with E-state index < -0.39 is 0 Å². The second-order valence-electron chi connectivity index (χ2n) is 5.03. The van der Waals surface area contributed by atoms with Crippen molar-refractivity contribution in [1.29, 1.82) is 0 Å². The molecule has 1 aliphatic rings. The molecule has 1 aromatic carbocycles. The average Bonchev–Trinajstić information content (AvgIpc) is 2.39. The molecule has 0 fully saturated rings. The fourth-order valence-electron chi connectivity index (χ4n) is 2.53. The summed E-state index contributed by atoms with van der Waals surface area (Å²) in [6, 6.07) is 6.55. The van der Waals surface area contributed by atoms with Crippen LogP contribution in [0.25, 0.3) is 0 Å². The van der Waals surface area contributed by atoms with Crippen molar-refractivity contribution in [1.82, 2.24) is 4.90 Å². The molecule has 2 rings (SSSR count). The number of rotatable bonds is 4. The molecule has 1 aliphatic carbocycles. The standard InChI is InChI=1S/C15H21NO2/c1-16(15(18)8-9-17)11-12-6-7-13-4-2-3-5-14(13)10-12/h6-7,10,17H,2-5,8-9,11H2,1H3. The SMILES string of the molecule is CN(Cc1ccc2c(c1)CCCC2)C(=O)CCO. The molecule has 0 radical (unpaired) electrons. The zero-order chi connectivity index (χ0) is 13.0. The number of aryl methyl sites for hydroxylation is 2. The molecule has 1 N–H and O–H groups in total. The van der Waals surface area contributed by atoms with Crippen molar-refractivity contribution in [3.05, 3.63) is 34.9 Å². The summed E-state index contributed by atoms with van der Waals surface area (Å²) in [4.78, 5) is 13.3. The van der Waals surface area contributed by atoms with Crippen molar-refractivity contribution in [2.75, 3.05) is 13.7 Å². The summed E-state index contributed by atoms with van der Waals surface area (Å²) in [7, 11) is 1.79. The van der Waals surface area contributed by atoms with Crippen LogP contribution in [-0.2, 0) is 24.2 Å². The molecule has 98 valence electrons. The predicted octanol–water partition coefficient (Wildman–Crippen LogP) is 1.91. The molecule has 0 saturated heterocycles. The van der Waals surface area contributed by atoms with Gasteiger partial charge in [-0.3, -0.25) is 4.79 Å². The first-order valence-corrected chi connectivity index (χ1v) is 6.66. The van der Waals surface area contributed by atoms with E-state index in [4.69, 9.17) is 5.11 Å². The minimum atomic E-state index is -0.0760. The molecule has 0 spiro atoms. The molecule has 0 heterocycles. The van der Waals surface area contributed by atoms with Crippen LogP contribution in [-0.4, -0.2) is 29.6 Å². The van der Waals surface area contributed by atoms with Gasteiger partial charge < -0.3 is 10.0 Å². The molecule has 0 unspecified atom stereocenters. The summed E-state index contributed by atoms with van der Waals surface area (Å²) in [5.74, 6) is -0.00443. The summed E-state index contributed by atoms with van der Waals surface area (Å²) in [6.07, 6.45) is 5.13. The van der Waals surface area contributed by atoms with Gasteiger partial charge in [0.15, 0.2) is 0 Å². The van der Waals surface area contributed by atoms with Crippen LogP contribution >= 0.6 is 0 Å². The Labute approximate surface area is 108 Å². The highest BCUT2D eigenvalue weighted by molar-refractivity contribution is 5.75. The topological polar surface area (TPSA) is 40.5 Å². The number of hydrogen-bond acceptors (Lipinski definition) is 2. The van der Waals surface area contributed by atoms with Gasteiger partial charge in [-0.15, -0.1) is 0 Å². The Morgan fingerprint density at radius 3 is 2.72 bits per heavy atom.